The minimum Gasteiger partial charge on any atom is -0.455 e. The Balaban J connectivity index is 1.40. The zero-order valence-corrected chi connectivity index (χ0v) is 16.7. The number of benzene rings is 1. The third-order valence-corrected chi connectivity index (χ3v) is 5.70. The molecule has 0 radical (unpaired) electrons. The van der Waals surface area contributed by atoms with E-state index in [1.54, 1.807) is 4.90 Å². The van der Waals surface area contributed by atoms with Crippen molar-refractivity contribution in [2.24, 2.45) is 5.92 Å². The smallest absolute Gasteiger partial charge is 0.309 e. The average molecular weight is 401 g/mol. The van der Waals surface area contributed by atoms with E-state index in [4.69, 9.17) is 4.74 Å². The van der Waals surface area contributed by atoms with Gasteiger partial charge in [-0.25, -0.2) is 0 Å². The number of aryl methyl sites for hydroxylation is 1. The summed E-state index contributed by atoms with van der Waals surface area (Å²) in [6.45, 7) is 2.80. The summed E-state index contributed by atoms with van der Waals surface area (Å²) in [4.78, 5) is 39.0. The Morgan fingerprint density at radius 1 is 1.14 bits per heavy atom. The molecule has 2 heterocycles. The Hall–Kier alpha value is -2.67. The minimum atomic E-state index is -0.375. The van der Waals surface area contributed by atoms with Gasteiger partial charge in [0.2, 0.25) is 0 Å². The molecule has 1 N–H and O–H groups in total. The molecule has 0 saturated carbocycles. The molecule has 0 aliphatic carbocycles. The van der Waals surface area contributed by atoms with Crippen LogP contribution in [0.1, 0.15) is 35.0 Å². The lowest BCUT2D eigenvalue weighted by Gasteiger charge is -2.30. The maximum atomic E-state index is 12.3. The van der Waals surface area contributed by atoms with Crippen LogP contribution in [0.4, 0.5) is 5.69 Å². The van der Waals surface area contributed by atoms with Crippen molar-refractivity contribution in [3.05, 3.63) is 52.2 Å². The number of likely N-dealkylation sites (tertiary alicyclic amines) is 1. The second kappa shape index (κ2) is 9.50. The molecule has 28 heavy (non-hydrogen) atoms. The summed E-state index contributed by atoms with van der Waals surface area (Å²) < 4.78 is 5.18. The van der Waals surface area contributed by atoms with Crippen LogP contribution >= 0.6 is 11.3 Å². The van der Waals surface area contributed by atoms with Gasteiger partial charge in [0.05, 0.1) is 10.8 Å². The van der Waals surface area contributed by atoms with E-state index in [0.29, 0.717) is 36.5 Å². The largest absolute Gasteiger partial charge is 0.455 e. The maximum Gasteiger partial charge on any atom is 0.309 e. The summed E-state index contributed by atoms with van der Waals surface area (Å²) in [5.41, 5.74) is 1.87. The predicted molar refractivity (Wildman–Crippen MR) is 108 cm³/mol. The molecule has 1 saturated heterocycles. The van der Waals surface area contributed by atoms with Crippen molar-refractivity contribution in [1.29, 1.82) is 0 Å². The first kappa shape index (κ1) is 20.1. The molecule has 1 aromatic carbocycles. The van der Waals surface area contributed by atoms with Gasteiger partial charge in [0.1, 0.15) is 0 Å². The summed E-state index contributed by atoms with van der Waals surface area (Å²) in [5, 5.41) is 4.60. The van der Waals surface area contributed by atoms with Crippen molar-refractivity contribution >= 4 is 34.8 Å². The summed E-state index contributed by atoms with van der Waals surface area (Å²) in [6, 6.07) is 11.2. The standard InChI is InChI=1S/C21H24N2O4S/c1-2-15-5-7-17(8-6-15)22-19(24)14-27-21(26)16-9-11-23(12-10-16)20(25)18-4-3-13-28-18/h3-8,13,16H,2,9-12,14H2,1H3,(H,22,24). The van der Waals surface area contributed by atoms with E-state index in [2.05, 4.69) is 12.2 Å². The summed E-state index contributed by atoms with van der Waals surface area (Å²) >= 11 is 1.42. The number of esters is 1. The first-order valence-electron chi connectivity index (χ1n) is 9.45. The van der Waals surface area contributed by atoms with E-state index >= 15 is 0 Å². The maximum absolute atomic E-state index is 12.3. The highest BCUT2D eigenvalue weighted by atomic mass is 32.1. The second-order valence-electron chi connectivity index (χ2n) is 6.75. The number of thiophene rings is 1. The van der Waals surface area contributed by atoms with Crippen LogP contribution in [0.25, 0.3) is 0 Å². The predicted octanol–water partition coefficient (Wildman–Crippen LogP) is 3.34. The van der Waals surface area contributed by atoms with Gasteiger partial charge in [-0.3, -0.25) is 14.4 Å². The van der Waals surface area contributed by atoms with Gasteiger partial charge in [-0.05, 0) is 48.4 Å². The fourth-order valence-electron chi connectivity index (χ4n) is 3.15. The first-order chi connectivity index (χ1) is 13.6. The zero-order valence-electron chi connectivity index (χ0n) is 15.8. The Morgan fingerprint density at radius 2 is 1.86 bits per heavy atom. The molecule has 0 atom stereocenters. The molecule has 3 rings (SSSR count). The van der Waals surface area contributed by atoms with Crippen LogP contribution in [-0.4, -0.2) is 42.4 Å². The van der Waals surface area contributed by atoms with Crippen LogP contribution in [0.3, 0.4) is 0 Å². The molecule has 0 spiro atoms. The van der Waals surface area contributed by atoms with E-state index in [0.717, 1.165) is 6.42 Å². The first-order valence-corrected chi connectivity index (χ1v) is 10.3. The number of ether oxygens (including phenoxy) is 1. The van der Waals surface area contributed by atoms with Crippen molar-refractivity contribution < 1.29 is 19.1 Å². The van der Waals surface area contributed by atoms with Gasteiger partial charge in [-0.15, -0.1) is 11.3 Å². The van der Waals surface area contributed by atoms with Crippen molar-refractivity contribution in [2.45, 2.75) is 26.2 Å². The summed E-state index contributed by atoms with van der Waals surface area (Å²) in [7, 11) is 0. The van der Waals surface area contributed by atoms with Crippen molar-refractivity contribution in [1.82, 2.24) is 4.90 Å². The third kappa shape index (κ3) is 5.19. The molecule has 1 aliphatic heterocycles. The number of hydrogen-bond donors (Lipinski definition) is 1. The number of nitrogens with one attached hydrogen (secondary N) is 1. The van der Waals surface area contributed by atoms with Crippen LogP contribution in [0, 0.1) is 5.92 Å². The van der Waals surface area contributed by atoms with Crippen molar-refractivity contribution in [3.63, 3.8) is 0 Å². The monoisotopic (exact) mass is 400 g/mol. The SMILES string of the molecule is CCc1ccc(NC(=O)COC(=O)C2CCN(C(=O)c3cccs3)CC2)cc1. The number of piperidine rings is 1. The molecule has 6 nitrogen and oxygen atoms in total. The lowest BCUT2D eigenvalue weighted by atomic mass is 9.97. The average Bonchev–Trinajstić information content (AvgIpc) is 3.27. The molecule has 1 aliphatic rings. The Kier molecular flexibility index (Phi) is 6.81. The van der Waals surface area contributed by atoms with Gasteiger partial charge in [0.15, 0.2) is 6.61 Å². The molecule has 1 aromatic heterocycles. The molecule has 2 aromatic rings. The van der Waals surface area contributed by atoms with Gasteiger partial charge >= 0.3 is 5.97 Å². The van der Waals surface area contributed by atoms with Gasteiger partial charge < -0.3 is 15.0 Å². The van der Waals surface area contributed by atoms with E-state index in [9.17, 15) is 14.4 Å². The highest BCUT2D eigenvalue weighted by Gasteiger charge is 2.29. The Labute approximate surface area is 168 Å². The number of rotatable bonds is 6. The lowest BCUT2D eigenvalue weighted by Crippen LogP contribution is -2.40. The van der Waals surface area contributed by atoms with Gasteiger partial charge in [-0.1, -0.05) is 25.1 Å². The highest BCUT2D eigenvalue weighted by Crippen LogP contribution is 2.21. The molecular formula is C21H24N2O4S. The molecule has 0 unspecified atom stereocenters. The quantitative estimate of drug-likeness (QED) is 0.755. The van der Waals surface area contributed by atoms with Crippen molar-refractivity contribution in [3.8, 4) is 0 Å². The van der Waals surface area contributed by atoms with Gasteiger partial charge in [0, 0.05) is 18.8 Å². The van der Waals surface area contributed by atoms with E-state index in [1.165, 1.54) is 16.9 Å². The van der Waals surface area contributed by atoms with E-state index in [-0.39, 0.29) is 30.3 Å². The number of nitrogens with zero attached hydrogens (tertiary/aromatic N) is 1. The summed E-state index contributed by atoms with van der Waals surface area (Å²) in [5.74, 6) is -0.998. The van der Waals surface area contributed by atoms with Gasteiger partial charge in [-0.2, -0.15) is 0 Å². The summed E-state index contributed by atoms with van der Waals surface area (Å²) in [6.07, 6.45) is 2.04. The number of anilines is 1. The van der Waals surface area contributed by atoms with E-state index in [1.807, 2.05) is 41.8 Å². The molecule has 2 amide bonds. The molecule has 0 bridgehead atoms. The second-order valence-corrected chi connectivity index (χ2v) is 7.70. The number of amides is 2. The Morgan fingerprint density at radius 3 is 2.46 bits per heavy atom. The molecule has 1 fully saturated rings. The molecule has 148 valence electrons. The normalized spacial score (nSPS) is 14.5. The molecular weight excluding hydrogens is 376 g/mol. The zero-order chi connectivity index (χ0) is 19.9. The van der Waals surface area contributed by atoms with E-state index < -0.39 is 0 Å². The number of carbonyl (C=O) groups excluding carboxylic acids is 3. The molecule has 7 heteroatoms. The highest BCUT2D eigenvalue weighted by molar-refractivity contribution is 7.12. The lowest BCUT2D eigenvalue weighted by molar-refractivity contribution is -0.152. The van der Waals surface area contributed by atoms with Crippen LogP contribution < -0.4 is 5.32 Å². The van der Waals surface area contributed by atoms with Crippen LogP contribution in [0.2, 0.25) is 0 Å². The fraction of sp³-hybridized carbons (Fsp3) is 0.381. The third-order valence-electron chi connectivity index (χ3n) is 4.84. The van der Waals surface area contributed by atoms with Crippen LogP contribution in [0.15, 0.2) is 41.8 Å². The van der Waals surface area contributed by atoms with Crippen LogP contribution in [-0.2, 0) is 20.7 Å². The fourth-order valence-corrected chi connectivity index (χ4v) is 3.84. The number of hydrogen-bond acceptors (Lipinski definition) is 5. The minimum absolute atomic E-state index is 0.00952. The number of carbonyl (C=O) groups is 3. The van der Waals surface area contributed by atoms with Crippen LogP contribution in [0.5, 0.6) is 0 Å². The Bertz CT molecular complexity index is 809. The topological polar surface area (TPSA) is 75.7 Å². The van der Waals surface area contributed by atoms with Crippen molar-refractivity contribution in [2.75, 3.05) is 25.0 Å². The van der Waals surface area contributed by atoms with Gasteiger partial charge in [0.25, 0.3) is 11.8 Å².